The van der Waals surface area contributed by atoms with Gasteiger partial charge in [-0.25, -0.2) is 23.0 Å². The first-order valence-electron chi connectivity index (χ1n) is 10.5. The van der Waals surface area contributed by atoms with Crippen LogP contribution in [0, 0.1) is 0 Å². The molecule has 1 aromatic heterocycles. The number of benzene rings is 2. The highest BCUT2D eigenvalue weighted by Gasteiger charge is 2.38. The van der Waals surface area contributed by atoms with Gasteiger partial charge < -0.3 is 15.1 Å². The third-order valence-corrected chi connectivity index (χ3v) is 6.18. The van der Waals surface area contributed by atoms with E-state index >= 15 is 0 Å². The summed E-state index contributed by atoms with van der Waals surface area (Å²) in [4.78, 5) is 37.9. The third kappa shape index (κ3) is 8.30. The maximum atomic E-state index is 12.6. The van der Waals surface area contributed by atoms with Crippen LogP contribution in [0.3, 0.4) is 0 Å². The minimum absolute atomic E-state index is 0.0184. The highest BCUT2D eigenvalue weighted by Crippen LogP contribution is 2.24. The second-order valence-electron chi connectivity index (χ2n) is 7.73. The molecule has 0 fully saturated rings. The van der Waals surface area contributed by atoms with Crippen LogP contribution in [0.1, 0.15) is 33.2 Å². The van der Waals surface area contributed by atoms with Crippen LogP contribution in [0.15, 0.2) is 71.8 Å². The van der Waals surface area contributed by atoms with Gasteiger partial charge >= 0.3 is 18.1 Å². The number of nitrogens with one attached hydrogen (secondary N) is 1. The summed E-state index contributed by atoms with van der Waals surface area (Å²) in [5.74, 6) is -3.95. The van der Waals surface area contributed by atoms with Gasteiger partial charge in [0.25, 0.3) is 10.0 Å². The molecule has 2 aromatic carbocycles. The van der Waals surface area contributed by atoms with Crippen molar-refractivity contribution in [2.75, 3.05) is 16.7 Å². The number of carbonyl (C=O) groups is 3. The molecule has 0 saturated heterocycles. The van der Waals surface area contributed by atoms with Gasteiger partial charge in [-0.05, 0) is 30.7 Å². The number of halogens is 3. The van der Waals surface area contributed by atoms with Crippen LogP contribution in [0.2, 0.25) is 0 Å². The predicted octanol–water partition coefficient (Wildman–Crippen LogP) is 4.05. The largest absolute Gasteiger partial charge is 0.490 e. The molecule has 0 radical (unpaired) electrons. The zero-order chi connectivity index (χ0) is 28.7. The molecular weight excluding hydrogens is 531 g/mol. The molecule has 0 bridgehead atoms. The fourth-order valence-corrected chi connectivity index (χ4v) is 4.02. The molecule has 10 nitrogen and oxygen atoms in total. The van der Waals surface area contributed by atoms with Gasteiger partial charge in [0.15, 0.2) is 5.78 Å². The van der Waals surface area contributed by atoms with E-state index in [4.69, 9.17) is 9.90 Å². The van der Waals surface area contributed by atoms with E-state index in [1.165, 1.54) is 43.5 Å². The number of carboxylic acids is 2. The lowest BCUT2D eigenvalue weighted by Gasteiger charge is -2.20. The number of nitrogens with zero attached hydrogens (tertiary/aromatic N) is 2. The molecule has 0 unspecified atom stereocenters. The first-order chi connectivity index (χ1) is 17.6. The van der Waals surface area contributed by atoms with Crippen LogP contribution >= 0.6 is 0 Å². The fourth-order valence-electron chi connectivity index (χ4n) is 2.99. The smallest absolute Gasteiger partial charge is 0.478 e. The Morgan fingerprint density at radius 1 is 1.00 bits per heavy atom. The molecule has 0 atom stereocenters. The van der Waals surface area contributed by atoms with Gasteiger partial charge in [0.05, 0.1) is 16.8 Å². The second kappa shape index (κ2) is 12.2. The number of alkyl halides is 3. The lowest BCUT2D eigenvalue weighted by Crippen LogP contribution is -2.21. The number of rotatable bonds is 8. The van der Waals surface area contributed by atoms with Crippen molar-refractivity contribution in [2.24, 2.45) is 0 Å². The molecule has 3 rings (SSSR count). The number of anilines is 2. The summed E-state index contributed by atoms with van der Waals surface area (Å²) in [6.07, 6.45) is -3.81. The minimum atomic E-state index is -5.08. The van der Waals surface area contributed by atoms with Gasteiger partial charge in [-0.1, -0.05) is 42.5 Å². The second-order valence-corrected chi connectivity index (χ2v) is 9.41. The van der Waals surface area contributed by atoms with Crippen molar-refractivity contribution in [1.82, 2.24) is 4.98 Å². The van der Waals surface area contributed by atoms with Gasteiger partial charge in [-0.3, -0.25) is 9.52 Å². The number of aromatic carboxylic acids is 1. The number of Topliss-reactive ketones (excluding diaryl/α,β-unsaturated/α-hetero) is 1. The molecule has 3 aromatic rings. The zero-order valence-corrected chi connectivity index (χ0v) is 20.7. The van der Waals surface area contributed by atoms with Crippen molar-refractivity contribution >= 4 is 39.3 Å². The standard InChI is InChI=1S/C22H21N3O5S.C2HF3O2/c1-15(26)17-8-10-19(11-9-17)31(29,30)24-18-12-20(22(27)28)21(23-13-18)25(2)14-16-6-4-3-5-7-16;3-2(4,5)1(6)7/h3-13,24H,14H2,1-2H3,(H,27,28);(H,6,7). The monoisotopic (exact) mass is 553 g/mol. The number of carbonyl (C=O) groups excluding carboxylic acids is 1. The minimum Gasteiger partial charge on any atom is -0.478 e. The van der Waals surface area contributed by atoms with Crippen molar-refractivity contribution in [2.45, 2.75) is 24.5 Å². The average Bonchev–Trinajstić information content (AvgIpc) is 2.84. The summed E-state index contributed by atoms with van der Waals surface area (Å²) >= 11 is 0. The predicted molar refractivity (Wildman–Crippen MR) is 131 cm³/mol. The SMILES string of the molecule is CC(=O)c1ccc(S(=O)(=O)Nc2cnc(N(C)Cc3ccccc3)c(C(=O)O)c2)cc1.O=C(O)C(F)(F)F. The highest BCUT2D eigenvalue weighted by atomic mass is 32.2. The van der Waals surface area contributed by atoms with Crippen molar-refractivity contribution in [3.63, 3.8) is 0 Å². The molecule has 0 aliphatic carbocycles. The zero-order valence-electron chi connectivity index (χ0n) is 19.9. The Bertz CT molecular complexity index is 1410. The number of hydrogen-bond donors (Lipinski definition) is 3. The molecule has 0 saturated carbocycles. The van der Waals surface area contributed by atoms with Crippen molar-refractivity contribution in [3.8, 4) is 0 Å². The van der Waals surface area contributed by atoms with E-state index in [2.05, 4.69) is 9.71 Å². The van der Waals surface area contributed by atoms with Crippen LogP contribution in [0.4, 0.5) is 24.7 Å². The lowest BCUT2D eigenvalue weighted by atomic mass is 10.2. The quantitative estimate of drug-likeness (QED) is 0.351. The Morgan fingerprint density at radius 3 is 2.03 bits per heavy atom. The first-order valence-corrected chi connectivity index (χ1v) is 12.0. The maximum Gasteiger partial charge on any atom is 0.490 e. The molecule has 1 heterocycles. The van der Waals surface area contributed by atoms with E-state index in [1.54, 1.807) is 11.9 Å². The molecular formula is C24H22F3N3O7S. The number of carboxylic acid groups (broad SMARTS) is 2. The Morgan fingerprint density at radius 2 is 1.55 bits per heavy atom. The fraction of sp³-hybridized carbons (Fsp3) is 0.167. The summed E-state index contributed by atoms with van der Waals surface area (Å²) in [5.41, 5.74) is 1.25. The maximum absolute atomic E-state index is 12.6. The van der Waals surface area contributed by atoms with Crippen molar-refractivity contribution < 1.29 is 46.2 Å². The number of aliphatic carboxylic acids is 1. The van der Waals surface area contributed by atoms with E-state index in [-0.39, 0.29) is 27.7 Å². The molecule has 38 heavy (non-hydrogen) atoms. The number of sulfonamides is 1. The summed E-state index contributed by atoms with van der Waals surface area (Å²) in [6, 6.07) is 16.2. The number of pyridine rings is 1. The number of aromatic nitrogens is 1. The van der Waals surface area contributed by atoms with Crippen LogP contribution in [0.5, 0.6) is 0 Å². The molecule has 14 heteroatoms. The van der Waals surface area contributed by atoms with Crippen molar-refractivity contribution in [3.05, 3.63) is 83.6 Å². The van der Waals surface area contributed by atoms with Gasteiger partial charge in [0.1, 0.15) is 11.4 Å². The van der Waals surface area contributed by atoms with Crippen LogP contribution in [-0.2, 0) is 21.4 Å². The van der Waals surface area contributed by atoms with Crippen LogP contribution in [-0.4, -0.2) is 54.6 Å². The first kappa shape index (κ1) is 29.8. The summed E-state index contributed by atoms with van der Waals surface area (Å²) < 4.78 is 59.4. The van der Waals surface area contributed by atoms with Gasteiger partial charge in [0.2, 0.25) is 0 Å². The average molecular weight is 554 g/mol. The van der Waals surface area contributed by atoms with E-state index in [0.29, 0.717) is 12.1 Å². The summed E-state index contributed by atoms with van der Waals surface area (Å²) in [7, 11) is -2.28. The molecule has 0 aliphatic rings. The van der Waals surface area contributed by atoms with Gasteiger partial charge in [0, 0.05) is 19.2 Å². The van der Waals surface area contributed by atoms with E-state index in [1.807, 2.05) is 30.3 Å². The molecule has 202 valence electrons. The molecule has 0 amide bonds. The highest BCUT2D eigenvalue weighted by molar-refractivity contribution is 7.92. The number of ketones is 1. The Kier molecular flexibility index (Phi) is 9.55. The molecule has 0 spiro atoms. The van der Waals surface area contributed by atoms with E-state index in [0.717, 1.165) is 5.56 Å². The molecule has 3 N–H and O–H groups in total. The van der Waals surface area contributed by atoms with Gasteiger partial charge in [-0.15, -0.1) is 0 Å². The van der Waals surface area contributed by atoms with Crippen molar-refractivity contribution in [1.29, 1.82) is 0 Å². The Hall–Kier alpha value is -4.46. The third-order valence-electron chi connectivity index (χ3n) is 4.79. The Balaban J connectivity index is 0.000000638. The topological polar surface area (TPSA) is 154 Å². The molecule has 0 aliphatic heterocycles. The van der Waals surface area contributed by atoms with Crippen LogP contribution in [0.25, 0.3) is 0 Å². The van der Waals surface area contributed by atoms with Gasteiger partial charge in [-0.2, -0.15) is 13.2 Å². The number of hydrogen-bond acceptors (Lipinski definition) is 7. The Labute approximate surface area is 215 Å². The lowest BCUT2D eigenvalue weighted by molar-refractivity contribution is -0.192. The van der Waals surface area contributed by atoms with E-state index in [9.17, 15) is 36.3 Å². The summed E-state index contributed by atoms with van der Waals surface area (Å²) in [6.45, 7) is 1.82. The summed E-state index contributed by atoms with van der Waals surface area (Å²) in [5, 5.41) is 16.8. The normalized spacial score (nSPS) is 11.1. The van der Waals surface area contributed by atoms with Crippen LogP contribution < -0.4 is 9.62 Å². The van der Waals surface area contributed by atoms with E-state index < -0.39 is 28.1 Å².